The minimum atomic E-state index is 0.154. The maximum atomic E-state index is 5.44. The topological polar surface area (TPSA) is 63.8 Å². The molecule has 0 bridgehead atoms. The Labute approximate surface area is 82.8 Å². The minimum Gasteiger partial charge on any atom is -0.271 e. The van der Waals surface area contributed by atoms with Crippen molar-refractivity contribution in [3.63, 3.8) is 0 Å². The van der Waals surface area contributed by atoms with Gasteiger partial charge in [0.25, 0.3) is 0 Å². The van der Waals surface area contributed by atoms with Crippen LogP contribution >= 0.6 is 11.7 Å². The Kier molecular flexibility index (Phi) is 4.27. The fourth-order valence-corrected chi connectivity index (χ4v) is 1.61. The maximum absolute atomic E-state index is 5.44. The van der Waals surface area contributed by atoms with Gasteiger partial charge in [-0.1, -0.05) is 13.8 Å². The first-order valence-corrected chi connectivity index (χ1v) is 5.20. The molecule has 1 rings (SSSR count). The number of hydrazine groups is 1. The van der Waals surface area contributed by atoms with Gasteiger partial charge < -0.3 is 0 Å². The number of nitrogens with zero attached hydrogens (tertiary/aromatic N) is 2. The number of aromatic nitrogens is 2. The van der Waals surface area contributed by atoms with E-state index >= 15 is 0 Å². The van der Waals surface area contributed by atoms with E-state index in [1.54, 1.807) is 6.20 Å². The second-order valence-corrected chi connectivity index (χ2v) is 4.08. The second kappa shape index (κ2) is 5.26. The SMILES string of the molecule is CC(C)CCC(NN)c1cnsn1. The molecule has 0 saturated heterocycles. The molecule has 0 aliphatic rings. The van der Waals surface area contributed by atoms with Crippen molar-refractivity contribution < 1.29 is 0 Å². The summed E-state index contributed by atoms with van der Waals surface area (Å²) in [5, 5.41) is 0. The Bertz CT molecular complexity index is 222. The maximum Gasteiger partial charge on any atom is 0.0925 e. The minimum absolute atomic E-state index is 0.154. The molecule has 13 heavy (non-hydrogen) atoms. The summed E-state index contributed by atoms with van der Waals surface area (Å²) < 4.78 is 8.11. The van der Waals surface area contributed by atoms with Gasteiger partial charge in [-0.25, -0.2) is 0 Å². The average Bonchev–Trinajstić information content (AvgIpc) is 2.58. The van der Waals surface area contributed by atoms with Crippen LogP contribution in [0.3, 0.4) is 0 Å². The van der Waals surface area contributed by atoms with Crippen LogP contribution in [0.5, 0.6) is 0 Å². The predicted molar refractivity (Wildman–Crippen MR) is 54.0 cm³/mol. The molecule has 74 valence electrons. The molecule has 0 amide bonds. The Hall–Kier alpha value is -0.520. The fourth-order valence-electron chi connectivity index (χ4n) is 1.14. The zero-order chi connectivity index (χ0) is 9.68. The van der Waals surface area contributed by atoms with Crippen molar-refractivity contribution in [1.29, 1.82) is 0 Å². The molecule has 1 heterocycles. The van der Waals surface area contributed by atoms with Crippen molar-refractivity contribution in [2.45, 2.75) is 32.7 Å². The quantitative estimate of drug-likeness (QED) is 0.558. The smallest absolute Gasteiger partial charge is 0.0925 e. The predicted octanol–water partition coefficient (Wildman–Crippen LogP) is 1.48. The molecule has 1 unspecified atom stereocenters. The van der Waals surface area contributed by atoms with E-state index in [1.807, 2.05) is 0 Å². The Morgan fingerprint density at radius 1 is 1.54 bits per heavy atom. The van der Waals surface area contributed by atoms with Crippen LogP contribution in [0.2, 0.25) is 0 Å². The lowest BCUT2D eigenvalue weighted by Gasteiger charge is -2.13. The van der Waals surface area contributed by atoms with Crippen molar-refractivity contribution >= 4 is 11.7 Å². The standard InChI is InChI=1S/C8H16N4S/c1-6(2)3-4-7(11-9)8-5-10-13-12-8/h5-7,11H,3-4,9H2,1-2H3. The highest BCUT2D eigenvalue weighted by atomic mass is 32.1. The van der Waals surface area contributed by atoms with Gasteiger partial charge in [-0.15, -0.1) is 0 Å². The van der Waals surface area contributed by atoms with Gasteiger partial charge in [-0.2, -0.15) is 8.75 Å². The molecular weight excluding hydrogens is 184 g/mol. The van der Waals surface area contributed by atoms with E-state index in [1.165, 1.54) is 11.7 Å². The van der Waals surface area contributed by atoms with E-state index in [4.69, 9.17) is 5.84 Å². The van der Waals surface area contributed by atoms with E-state index in [2.05, 4.69) is 28.0 Å². The molecule has 3 N–H and O–H groups in total. The van der Waals surface area contributed by atoms with Crippen molar-refractivity contribution in [3.05, 3.63) is 11.9 Å². The molecule has 0 aromatic carbocycles. The summed E-state index contributed by atoms with van der Waals surface area (Å²) >= 11 is 1.22. The summed E-state index contributed by atoms with van der Waals surface area (Å²) in [7, 11) is 0. The molecule has 0 aliphatic heterocycles. The summed E-state index contributed by atoms with van der Waals surface area (Å²) in [6.07, 6.45) is 3.93. The highest BCUT2D eigenvalue weighted by Crippen LogP contribution is 2.18. The molecular formula is C8H16N4S. The van der Waals surface area contributed by atoms with Crippen LogP contribution < -0.4 is 11.3 Å². The Morgan fingerprint density at radius 3 is 2.77 bits per heavy atom. The van der Waals surface area contributed by atoms with E-state index in [0.717, 1.165) is 18.5 Å². The van der Waals surface area contributed by atoms with Gasteiger partial charge in [0, 0.05) is 0 Å². The summed E-state index contributed by atoms with van der Waals surface area (Å²) in [6.45, 7) is 4.40. The first-order chi connectivity index (χ1) is 6.24. The van der Waals surface area contributed by atoms with Crippen molar-refractivity contribution in [1.82, 2.24) is 14.2 Å². The number of rotatable bonds is 5. The third-order valence-electron chi connectivity index (χ3n) is 1.97. The van der Waals surface area contributed by atoms with Crippen molar-refractivity contribution in [3.8, 4) is 0 Å². The van der Waals surface area contributed by atoms with Gasteiger partial charge in [0.15, 0.2) is 0 Å². The van der Waals surface area contributed by atoms with Crippen LogP contribution in [0.25, 0.3) is 0 Å². The molecule has 0 saturated carbocycles. The molecule has 1 atom stereocenters. The summed E-state index contributed by atoms with van der Waals surface area (Å²) in [5.74, 6) is 6.13. The van der Waals surface area contributed by atoms with Crippen LogP contribution in [0.15, 0.2) is 6.20 Å². The van der Waals surface area contributed by atoms with E-state index in [0.29, 0.717) is 5.92 Å². The lowest BCUT2D eigenvalue weighted by molar-refractivity contribution is 0.443. The van der Waals surface area contributed by atoms with Crippen molar-refractivity contribution in [2.75, 3.05) is 0 Å². The Morgan fingerprint density at radius 2 is 2.31 bits per heavy atom. The molecule has 5 heteroatoms. The molecule has 1 aromatic rings. The molecule has 0 radical (unpaired) electrons. The number of nitrogens with one attached hydrogen (secondary N) is 1. The first-order valence-electron chi connectivity index (χ1n) is 4.47. The first kappa shape index (κ1) is 10.6. The zero-order valence-electron chi connectivity index (χ0n) is 8.03. The molecule has 0 fully saturated rings. The van der Waals surface area contributed by atoms with E-state index < -0.39 is 0 Å². The van der Waals surface area contributed by atoms with Crippen LogP contribution in [0.1, 0.15) is 38.4 Å². The number of nitrogens with two attached hydrogens (primary N) is 1. The molecule has 1 aromatic heterocycles. The summed E-state index contributed by atoms with van der Waals surface area (Å²) in [4.78, 5) is 0. The lowest BCUT2D eigenvalue weighted by atomic mass is 10.0. The highest BCUT2D eigenvalue weighted by molar-refractivity contribution is 6.99. The molecule has 0 spiro atoms. The van der Waals surface area contributed by atoms with Gasteiger partial charge in [-0.05, 0) is 18.8 Å². The van der Waals surface area contributed by atoms with E-state index in [9.17, 15) is 0 Å². The van der Waals surface area contributed by atoms with Crippen molar-refractivity contribution in [2.24, 2.45) is 11.8 Å². The van der Waals surface area contributed by atoms with E-state index in [-0.39, 0.29) is 6.04 Å². The van der Waals surface area contributed by atoms with Crippen LogP contribution in [-0.4, -0.2) is 8.75 Å². The normalized spacial score (nSPS) is 13.5. The van der Waals surface area contributed by atoms with Gasteiger partial charge in [-0.3, -0.25) is 11.3 Å². The number of hydrogen-bond acceptors (Lipinski definition) is 5. The summed E-state index contributed by atoms with van der Waals surface area (Å²) in [6, 6.07) is 0.154. The Balaban J connectivity index is 2.44. The fraction of sp³-hybridized carbons (Fsp3) is 0.750. The molecule has 0 aliphatic carbocycles. The highest BCUT2D eigenvalue weighted by Gasteiger charge is 2.12. The third-order valence-corrected chi connectivity index (χ3v) is 2.46. The van der Waals surface area contributed by atoms with Crippen LogP contribution in [0, 0.1) is 5.92 Å². The van der Waals surface area contributed by atoms with Gasteiger partial charge in [0.05, 0.1) is 29.7 Å². The second-order valence-electron chi connectivity index (χ2n) is 3.52. The average molecular weight is 200 g/mol. The van der Waals surface area contributed by atoms with Gasteiger partial charge in [0.1, 0.15) is 0 Å². The lowest BCUT2D eigenvalue weighted by Crippen LogP contribution is -2.28. The number of hydrogen-bond donors (Lipinski definition) is 2. The van der Waals surface area contributed by atoms with Gasteiger partial charge in [0.2, 0.25) is 0 Å². The van der Waals surface area contributed by atoms with Crippen LogP contribution in [0.4, 0.5) is 0 Å². The molecule has 4 nitrogen and oxygen atoms in total. The summed E-state index contributed by atoms with van der Waals surface area (Å²) in [5.41, 5.74) is 3.72. The monoisotopic (exact) mass is 200 g/mol. The van der Waals surface area contributed by atoms with Crippen LogP contribution in [-0.2, 0) is 0 Å². The zero-order valence-corrected chi connectivity index (χ0v) is 8.84. The largest absolute Gasteiger partial charge is 0.271 e. The van der Waals surface area contributed by atoms with Gasteiger partial charge >= 0.3 is 0 Å². The third kappa shape index (κ3) is 3.38.